The summed E-state index contributed by atoms with van der Waals surface area (Å²) >= 11 is 1.34. The monoisotopic (exact) mass is 349 g/mol. The normalized spacial score (nSPS) is 18.3. The molecule has 0 N–H and O–H groups in total. The van der Waals surface area contributed by atoms with Crippen LogP contribution in [0.4, 0.5) is 13.2 Å². The van der Waals surface area contributed by atoms with Crippen LogP contribution in [0.25, 0.3) is 0 Å². The number of carbonyl (C=O) groups excluding carboxylic acids is 1. The second kappa shape index (κ2) is 7.81. The number of benzene rings is 1. The topological polar surface area (TPSA) is 38.8 Å². The Balaban J connectivity index is 1.69. The van der Waals surface area contributed by atoms with Crippen molar-refractivity contribution in [3.8, 4) is 11.5 Å². The lowest BCUT2D eigenvalue weighted by molar-refractivity contribution is -0.157. The molecule has 23 heavy (non-hydrogen) atoms. The van der Waals surface area contributed by atoms with Gasteiger partial charge in [0, 0.05) is 12.3 Å². The third-order valence-electron chi connectivity index (χ3n) is 3.35. The van der Waals surface area contributed by atoms with Gasteiger partial charge in [-0.25, -0.2) is 0 Å². The number of nitrogens with zero attached hydrogens (tertiary/aromatic N) is 1. The van der Waals surface area contributed by atoms with Gasteiger partial charge in [0.05, 0.1) is 19.0 Å². The van der Waals surface area contributed by atoms with Crippen molar-refractivity contribution in [1.82, 2.24) is 4.90 Å². The molecule has 1 aromatic carbocycles. The molecule has 1 aliphatic rings. The first kappa shape index (κ1) is 17.8. The molecule has 1 aliphatic heterocycles. The summed E-state index contributed by atoms with van der Waals surface area (Å²) in [5.74, 6) is 1.52. The maximum Gasteiger partial charge on any atom is 0.406 e. The lowest BCUT2D eigenvalue weighted by Gasteiger charge is -2.18. The Kier molecular flexibility index (Phi) is 6.04. The Bertz CT molecular complexity index is 522. The number of likely N-dealkylation sites (tertiary alicyclic amines) is 1. The molecule has 0 radical (unpaired) electrons. The molecule has 1 heterocycles. The van der Waals surface area contributed by atoms with E-state index in [4.69, 9.17) is 9.47 Å². The largest absolute Gasteiger partial charge is 0.497 e. The third-order valence-corrected chi connectivity index (χ3v) is 4.59. The Morgan fingerprint density at radius 3 is 2.52 bits per heavy atom. The summed E-state index contributed by atoms with van der Waals surface area (Å²) in [4.78, 5) is 12.7. The van der Waals surface area contributed by atoms with Crippen LogP contribution in [0.5, 0.6) is 11.5 Å². The second-order valence-electron chi connectivity index (χ2n) is 5.05. The van der Waals surface area contributed by atoms with Crippen molar-refractivity contribution in [3.05, 3.63) is 24.3 Å². The van der Waals surface area contributed by atoms with E-state index < -0.39 is 23.9 Å². The molecule has 0 unspecified atom stereocenters. The lowest BCUT2D eigenvalue weighted by atomic mass is 10.3. The van der Waals surface area contributed by atoms with Crippen molar-refractivity contribution in [2.24, 2.45) is 0 Å². The number of thioether (sulfide) groups is 1. The lowest BCUT2D eigenvalue weighted by Crippen LogP contribution is -2.36. The molecule has 1 fully saturated rings. The van der Waals surface area contributed by atoms with Gasteiger partial charge in [-0.1, -0.05) is 0 Å². The molecule has 2 rings (SSSR count). The number of rotatable bonds is 7. The fraction of sp³-hybridized carbons (Fsp3) is 0.533. The van der Waals surface area contributed by atoms with E-state index in [-0.39, 0.29) is 6.54 Å². The quantitative estimate of drug-likeness (QED) is 0.710. The predicted molar refractivity (Wildman–Crippen MR) is 82.0 cm³/mol. The number of hydrogen-bond donors (Lipinski definition) is 0. The molecular formula is C15H18F3NO3S. The molecule has 1 amide bonds. The maximum absolute atomic E-state index is 12.3. The van der Waals surface area contributed by atoms with Crippen molar-refractivity contribution >= 4 is 17.7 Å². The number of amides is 1. The van der Waals surface area contributed by atoms with Gasteiger partial charge < -0.3 is 14.4 Å². The summed E-state index contributed by atoms with van der Waals surface area (Å²) in [7, 11) is 1.58. The fourth-order valence-corrected chi connectivity index (χ4v) is 3.29. The first-order chi connectivity index (χ1) is 10.9. The van der Waals surface area contributed by atoms with Crippen molar-refractivity contribution in [2.45, 2.75) is 17.8 Å². The Morgan fingerprint density at radius 2 is 1.91 bits per heavy atom. The van der Waals surface area contributed by atoms with Crippen molar-refractivity contribution < 1.29 is 27.4 Å². The first-order valence-electron chi connectivity index (χ1n) is 7.13. The van der Waals surface area contributed by atoms with Gasteiger partial charge in [-0.15, -0.1) is 11.8 Å². The van der Waals surface area contributed by atoms with Gasteiger partial charge in [0.1, 0.15) is 18.0 Å². The van der Waals surface area contributed by atoms with Crippen molar-refractivity contribution in [1.29, 1.82) is 0 Å². The Hall–Kier alpha value is -1.57. The van der Waals surface area contributed by atoms with Crippen LogP contribution in [-0.2, 0) is 4.79 Å². The first-order valence-corrected chi connectivity index (χ1v) is 8.18. The summed E-state index contributed by atoms with van der Waals surface area (Å²) in [5.41, 5.74) is 0. The molecule has 1 atom stereocenters. The summed E-state index contributed by atoms with van der Waals surface area (Å²) in [6, 6.07) is 7.10. The van der Waals surface area contributed by atoms with Crippen LogP contribution in [0.2, 0.25) is 0 Å². The number of ether oxygens (including phenoxy) is 2. The number of carbonyl (C=O) groups is 1. The highest BCUT2D eigenvalue weighted by Gasteiger charge is 2.39. The van der Waals surface area contributed by atoms with E-state index in [0.29, 0.717) is 24.5 Å². The molecule has 0 spiro atoms. The Morgan fingerprint density at radius 1 is 1.26 bits per heavy atom. The SMILES string of the molecule is COc1ccc(OCCS[C@@H]2CCN(CC(F)(F)F)C2=O)cc1. The summed E-state index contributed by atoms with van der Waals surface area (Å²) < 4.78 is 47.5. The molecule has 4 nitrogen and oxygen atoms in total. The number of methoxy groups -OCH3 is 1. The third kappa shape index (κ3) is 5.53. The smallest absolute Gasteiger partial charge is 0.406 e. The van der Waals surface area contributed by atoms with Gasteiger partial charge in [0.2, 0.25) is 5.91 Å². The zero-order valence-electron chi connectivity index (χ0n) is 12.6. The van der Waals surface area contributed by atoms with E-state index in [0.717, 1.165) is 10.6 Å². The average molecular weight is 349 g/mol. The number of alkyl halides is 3. The fourth-order valence-electron chi connectivity index (χ4n) is 2.26. The molecular weight excluding hydrogens is 331 g/mol. The minimum atomic E-state index is -4.34. The molecule has 0 bridgehead atoms. The van der Waals surface area contributed by atoms with Gasteiger partial charge in [-0.05, 0) is 30.7 Å². The zero-order valence-corrected chi connectivity index (χ0v) is 13.5. The zero-order chi connectivity index (χ0) is 16.9. The minimum Gasteiger partial charge on any atom is -0.497 e. The van der Waals surface area contributed by atoms with Crippen LogP contribution in [0.15, 0.2) is 24.3 Å². The highest BCUT2D eigenvalue weighted by atomic mass is 32.2. The van der Waals surface area contributed by atoms with Gasteiger partial charge in [-0.3, -0.25) is 4.79 Å². The minimum absolute atomic E-state index is 0.162. The maximum atomic E-state index is 12.3. The van der Waals surface area contributed by atoms with Crippen molar-refractivity contribution in [3.63, 3.8) is 0 Å². The summed E-state index contributed by atoms with van der Waals surface area (Å²) in [5, 5.41) is -0.406. The molecule has 1 saturated heterocycles. The van der Waals surface area contributed by atoms with Gasteiger partial charge in [-0.2, -0.15) is 13.2 Å². The van der Waals surface area contributed by atoms with E-state index >= 15 is 0 Å². The summed E-state index contributed by atoms with van der Waals surface area (Å²) in [6.07, 6.45) is -3.89. The molecule has 1 aromatic rings. The van der Waals surface area contributed by atoms with Crippen molar-refractivity contribution in [2.75, 3.05) is 32.6 Å². The molecule has 128 valence electrons. The van der Waals surface area contributed by atoms with E-state index in [1.54, 1.807) is 31.4 Å². The van der Waals surface area contributed by atoms with E-state index in [9.17, 15) is 18.0 Å². The summed E-state index contributed by atoms with van der Waals surface area (Å²) in [6.45, 7) is -0.610. The van der Waals surface area contributed by atoms with Crippen LogP contribution >= 0.6 is 11.8 Å². The standard InChI is InChI=1S/C15H18F3NO3S/c1-21-11-2-4-12(5-3-11)22-8-9-23-13-6-7-19(14(13)20)10-15(16,17)18/h2-5,13H,6-10H2,1H3/t13-/m1/s1. The van der Waals surface area contributed by atoms with Gasteiger partial charge in [0.25, 0.3) is 0 Å². The van der Waals surface area contributed by atoms with Gasteiger partial charge in [0.15, 0.2) is 0 Å². The molecule has 0 aliphatic carbocycles. The predicted octanol–water partition coefficient (Wildman–Crippen LogP) is 2.97. The van der Waals surface area contributed by atoms with Crippen LogP contribution in [0.3, 0.4) is 0 Å². The number of halogens is 3. The molecule has 8 heteroatoms. The van der Waals surface area contributed by atoms with E-state index in [1.165, 1.54) is 11.8 Å². The highest BCUT2D eigenvalue weighted by molar-refractivity contribution is 8.00. The Labute approximate surface area is 136 Å². The van der Waals surface area contributed by atoms with Gasteiger partial charge >= 0.3 is 6.18 Å². The molecule has 0 aromatic heterocycles. The van der Waals surface area contributed by atoms with Crippen LogP contribution in [-0.4, -0.2) is 54.8 Å². The molecule has 0 saturated carbocycles. The average Bonchev–Trinajstić information content (AvgIpc) is 2.83. The number of hydrogen-bond acceptors (Lipinski definition) is 4. The highest BCUT2D eigenvalue weighted by Crippen LogP contribution is 2.27. The van der Waals surface area contributed by atoms with E-state index in [2.05, 4.69) is 0 Å². The van der Waals surface area contributed by atoms with Crippen LogP contribution < -0.4 is 9.47 Å². The van der Waals surface area contributed by atoms with Crippen LogP contribution in [0, 0.1) is 0 Å². The second-order valence-corrected chi connectivity index (χ2v) is 6.36. The van der Waals surface area contributed by atoms with E-state index in [1.807, 2.05) is 0 Å². The van der Waals surface area contributed by atoms with Crippen LogP contribution in [0.1, 0.15) is 6.42 Å².